The molecule has 0 saturated heterocycles. The van der Waals surface area contributed by atoms with Crippen LogP contribution < -0.4 is 10.0 Å². The maximum Gasteiger partial charge on any atom is 0.241 e. The molecule has 2 aromatic carbocycles. The molecule has 0 spiro atoms. The van der Waals surface area contributed by atoms with E-state index in [4.69, 9.17) is 0 Å². The van der Waals surface area contributed by atoms with Crippen LogP contribution in [0.1, 0.15) is 12.0 Å². The van der Waals surface area contributed by atoms with Crippen molar-refractivity contribution in [3.05, 3.63) is 66.0 Å². The molecule has 0 aliphatic carbocycles. The van der Waals surface area contributed by atoms with Gasteiger partial charge in [-0.15, -0.1) is 0 Å². The molecule has 2 aromatic rings. The number of amides is 1. The first kappa shape index (κ1) is 21.4. The number of benzene rings is 2. The fourth-order valence-electron chi connectivity index (χ4n) is 2.44. The summed E-state index contributed by atoms with van der Waals surface area (Å²) in [4.78, 5) is 12.6. The Kier molecular flexibility index (Phi) is 8.27. The van der Waals surface area contributed by atoms with Crippen LogP contribution >= 0.6 is 11.8 Å². The highest BCUT2D eigenvalue weighted by Crippen LogP contribution is 2.11. The average Bonchev–Trinajstić information content (AvgIpc) is 2.67. The standard InChI is InChI=1S/C19H23FN2O3S2/c1-26-14-12-18(22-27(24,25)17-5-3-2-4-6-17)19(23)21-13-11-15-7-9-16(20)10-8-15/h2-10,18,22H,11-14H2,1H3,(H,21,23)/t18-/m1/s1. The van der Waals surface area contributed by atoms with Crippen molar-refractivity contribution >= 4 is 27.7 Å². The van der Waals surface area contributed by atoms with Crippen LogP contribution in [0.3, 0.4) is 0 Å². The Balaban J connectivity index is 1.97. The van der Waals surface area contributed by atoms with Gasteiger partial charge in [-0.3, -0.25) is 4.79 Å². The number of carbonyl (C=O) groups excluding carboxylic acids is 1. The van der Waals surface area contributed by atoms with E-state index in [9.17, 15) is 17.6 Å². The van der Waals surface area contributed by atoms with Crippen molar-refractivity contribution in [2.24, 2.45) is 0 Å². The zero-order valence-corrected chi connectivity index (χ0v) is 16.7. The van der Waals surface area contributed by atoms with Crippen LogP contribution in [0.4, 0.5) is 4.39 Å². The second-order valence-corrected chi connectivity index (χ2v) is 8.64. The molecule has 0 heterocycles. The lowest BCUT2D eigenvalue weighted by Gasteiger charge is -2.18. The van der Waals surface area contributed by atoms with Gasteiger partial charge in [-0.2, -0.15) is 16.5 Å². The lowest BCUT2D eigenvalue weighted by Crippen LogP contribution is -2.47. The van der Waals surface area contributed by atoms with Crippen molar-refractivity contribution in [2.45, 2.75) is 23.8 Å². The van der Waals surface area contributed by atoms with Gasteiger partial charge in [0.15, 0.2) is 0 Å². The molecule has 0 fully saturated rings. The van der Waals surface area contributed by atoms with Gasteiger partial charge in [-0.25, -0.2) is 12.8 Å². The summed E-state index contributed by atoms with van der Waals surface area (Å²) in [5, 5.41) is 2.76. The third kappa shape index (κ3) is 6.97. The first-order valence-corrected chi connectivity index (χ1v) is 11.4. The summed E-state index contributed by atoms with van der Waals surface area (Å²) < 4.78 is 40.4. The van der Waals surface area contributed by atoms with E-state index in [2.05, 4.69) is 10.0 Å². The molecule has 0 aromatic heterocycles. The van der Waals surface area contributed by atoms with Crippen LogP contribution in [0, 0.1) is 5.82 Å². The Morgan fingerprint density at radius 3 is 2.41 bits per heavy atom. The van der Waals surface area contributed by atoms with E-state index in [1.807, 2.05) is 6.26 Å². The van der Waals surface area contributed by atoms with E-state index in [1.165, 1.54) is 24.3 Å². The molecule has 2 rings (SSSR count). The monoisotopic (exact) mass is 410 g/mol. The Labute approximate surface area is 163 Å². The summed E-state index contributed by atoms with van der Waals surface area (Å²) in [6, 6.07) is 13.2. The lowest BCUT2D eigenvalue weighted by molar-refractivity contribution is -0.122. The second kappa shape index (κ2) is 10.4. The minimum atomic E-state index is -3.78. The highest BCUT2D eigenvalue weighted by atomic mass is 32.2. The Bertz CT molecular complexity index is 828. The predicted molar refractivity (Wildman–Crippen MR) is 107 cm³/mol. The molecular formula is C19H23FN2O3S2. The number of hydrogen-bond donors (Lipinski definition) is 2. The molecular weight excluding hydrogens is 387 g/mol. The molecule has 0 radical (unpaired) electrons. The topological polar surface area (TPSA) is 75.3 Å². The molecule has 0 aliphatic heterocycles. The Morgan fingerprint density at radius 2 is 1.78 bits per heavy atom. The molecule has 5 nitrogen and oxygen atoms in total. The molecule has 0 bridgehead atoms. The van der Waals surface area contributed by atoms with Crippen LogP contribution in [0.25, 0.3) is 0 Å². The van der Waals surface area contributed by atoms with E-state index in [1.54, 1.807) is 42.1 Å². The van der Waals surface area contributed by atoms with Gasteiger partial charge in [0.2, 0.25) is 15.9 Å². The van der Waals surface area contributed by atoms with Gasteiger partial charge in [-0.1, -0.05) is 30.3 Å². The Morgan fingerprint density at radius 1 is 1.11 bits per heavy atom. The average molecular weight is 411 g/mol. The molecule has 0 aliphatic rings. The van der Waals surface area contributed by atoms with Gasteiger partial charge in [0.25, 0.3) is 0 Å². The van der Waals surface area contributed by atoms with Crippen molar-refractivity contribution in [1.29, 1.82) is 0 Å². The number of sulfonamides is 1. The summed E-state index contributed by atoms with van der Waals surface area (Å²) >= 11 is 1.54. The second-order valence-electron chi connectivity index (χ2n) is 5.94. The van der Waals surface area contributed by atoms with Gasteiger partial charge >= 0.3 is 0 Å². The predicted octanol–water partition coefficient (Wildman–Crippen LogP) is 2.58. The first-order valence-electron chi connectivity index (χ1n) is 8.51. The quantitative estimate of drug-likeness (QED) is 0.631. The molecule has 146 valence electrons. The van der Waals surface area contributed by atoms with Crippen LogP contribution in [0.2, 0.25) is 0 Å². The highest BCUT2D eigenvalue weighted by Gasteiger charge is 2.25. The summed E-state index contributed by atoms with van der Waals surface area (Å²) in [5.74, 6) is -0.0335. The minimum Gasteiger partial charge on any atom is -0.354 e. The summed E-state index contributed by atoms with van der Waals surface area (Å²) in [6.45, 7) is 0.341. The molecule has 0 unspecified atom stereocenters. The van der Waals surface area contributed by atoms with Gasteiger partial charge in [0.05, 0.1) is 4.90 Å². The van der Waals surface area contributed by atoms with Gasteiger partial charge in [-0.05, 0) is 54.7 Å². The van der Waals surface area contributed by atoms with E-state index in [-0.39, 0.29) is 16.6 Å². The van der Waals surface area contributed by atoms with E-state index in [0.717, 1.165) is 5.56 Å². The van der Waals surface area contributed by atoms with Crippen molar-refractivity contribution in [3.8, 4) is 0 Å². The van der Waals surface area contributed by atoms with Crippen molar-refractivity contribution in [2.75, 3.05) is 18.6 Å². The molecule has 8 heteroatoms. The SMILES string of the molecule is CSCC[C@@H](NS(=O)(=O)c1ccccc1)C(=O)NCCc1ccc(F)cc1. The highest BCUT2D eigenvalue weighted by molar-refractivity contribution is 7.98. The Hall–Kier alpha value is -1.90. The smallest absolute Gasteiger partial charge is 0.241 e. The van der Waals surface area contributed by atoms with Crippen LogP contribution in [0.15, 0.2) is 59.5 Å². The number of halogens is 1. The fourth-order valence-corrected chi connectivity index (χ4v) is 4.16. The lowest BCUT2D eigenvalue weighted by atomic mass is 10.1. The van der Waals surface area contributed by atoms with Crippen LogP contribution in [0.5, 0.6) is 0 Å². The largest absolute Gasteiger partial charge is 0.354 e. The zero-order chi connectivity index (χ0) is 19.7. The molecule has 0 saturated carbocycles. The number of rotatable bonds is 10. The minimum absolute atomic E-state index is 0.123. The molecule has 2 N–H and O–H groups in total. The van der Waals surface area contributed by atoms with Gasteiger partial charge in [0.1, 0.15) is 11.9 Å². The zero-order valence-electron chi connectivity index (χ0n) is 15.0. The van der Waals surface area contributed by atoms with Crippen LogP contribution in [-0.2, 0) is 21.2 Å². The van der Waals surface area contributed by atoms with Crippen molar-refractivity contribution in [1.82, 2.24) is 10.0 Å². The summed E-state index contributed by atoms with van der Waals surface area (Å²) in [7, 11) is -3.78. The molecule has 27 heavy (non-hydrogen) atoms. The summed E-state index contributed by atoms with van der Waals surface area (Å²) in [5.41, 5.74) is 0.891. The van der Waals surface area contributed by atoms with E-state index in [0.29, 0.717) is 25.1 Å². The maximum absolute atomic E-state index is 12.9. The molecule has 1 amide bonds. The third-order valence-electron chi connectivity index (χ3n) is 3.90. The van der Waals surface area contributed by atoms with Crippen LogP contribution in [-0.4, -0.2) is 38.9 Å². The molecule has 1 atom stereocenters. The number of hydrogen-bond acceptors (Lipinski definition) is 4. The number of nitrogens with one attached hydrogen (secondary N) is 2. The number of thioether (sulfide) groups is 1. The van der Waals surface area contributed by atoms with Gasteiger partial charge in [0, 0.05) is 6.54 Å². The van der Waals surface area contributed by atoms with E-state index < -0.39 is 16.1 Å². The van der Waals surface area contributed by atoms with Crippen molar-refractivity contribution < 1.29 is 17.6 Å². The maximum atomic E-state index is 12.9. The third-order valence-corrected chi connectivity index (χ3v) is 6.04. The number of carbonyl (C=O) groups is 1. The fraction of sp³-hybridized carbons (Fsp3) is 0.316. The van der Waals surface area contributed by atoms with E-state index >= 15 is 0 Å². The van der Waals surface area contributed by atoms with Gasteiger partial charge < -0.3 is 5.32 Å². The van der Waals surface area contributed by atoms with Crippen molar-refractivity contribution in [3.63, 3.8) is 0 Å². The first-order chi connectivity index (χ1) is 12.9. The normalized spacial score (nSPS) is 12.5. The summed E-state index contributed by atoms with van der Waals surface area (Å²) in [6.07, 6.45) is 2.82.